The van der Waals surface area contributed by atoms with Gasteiger partial charge in [-0.3, -0.25) is 14.6 Å². The van der Waals surface area contributed by atoms with Gasteiger partial charge in [0.25, 0.3) is 5.91 Å². The zero-order chi connectivity index (χ0) is 13.1. The summed E-state index contributed by atoms with van der Waals surface area (Å²) >= 11 is 0. The summed E-state index contributed by atoms with van der Waals surface area (Å²) in [4.78, 5) is 26.8. The van der Waals surface area contributed by atoms with E-state index in [0.717, 1.165) is 12.1 Å². The highest BCUT2D eigenvalue weighted by molar-refractivity contribution is 5.94. The molecule has 0 aromatic carbocycles. The van der Waals surface area contributed by atoms with Crippen molar-refractivity contribution >= 4 is 11.9 Å². The summed E-state index contributed by atoms with van der Waals surface area (Å²) in [7, 11) is 0. The number of nitrogens with one attached hydrogen (secondary N) is 1. The van der Waals surface area contributed by atoms with Crippen LogP contribution in [-0.4, -0.2) is 28.0 Å². The molecular weight excluding hydrogens is 232 g/mol. The maximum absolute atomic E-state index is 11.9. The van der Waals surface area contributed by atoms with Gasteiger partial charge in [-0.1, -0.05) is 0 Å². The van der Waals surface area contributed by atoms with Crippen molar-refractivity contribution in [2.45, 2.75) is 32.2 Å². The molecule has 1 aromatic heterocycles. The second-order valence-electron chi connectivity index (χ2n) is 4.70. The summed E-state index contributed by atoms with van der Waals surface area (Å²) in [5, 5.41) is 11.8. The van der Waals surface area contributed by atoms with E-state index in [0.29, 0.717) is 18.4 Å². The summed E-state index contributed by atoms with van der Waals surface area (Å²) in [5.41, 5.74) is 1.36. The van der Waals surface area contributed by atoms with E-state index in [9.17, 15) is 9.59 Å². The Labute approximate surface area is 105 Å². The fourth-order valence-electron chi connectivity index (χ4n) is 2.29. The molecule has 1 heterocycles. The highest BCUT2D eigenvalue weighted by Crippen LogP contribution is 2.25. The van der Waals surface area contributed by atoms with E-state index in [2.05, 4.69) is 10.3 Å². The predicted molar refractivity (Wildman–Crippen MR) is 65.2 cm³/mol. The van der Waals surface area contributed by atoms with E-state index < -0.39 is 5.97 Å². The monoisotopic (exact) mass is 248 g/mol. The van der Waals surface area contributed by atoms with Crippen molar-refractivity contribution in [3.8, 4) is 0 Å². The van der Waals surface area contributed by atoms with E-state index in [-0.39, 0.29) is 17.9 Å². The first-order valence-electron chi connectivity index (χ1n) is 6.02. The molecule has 0 radical (unpaired) electrons. The lowest BCUT2D eigenvalue weighted by Gasteiger charge is -2.12. The Balaban J connectivity index is 1.95. The average Bonchev–Trinajstić information content (AvgIpc) is 2.77. The number of aliphatic carboxylic acids is 1. The molecule has 5 nitrogen and oxygen atoms in total. The number of nitrogens with zero attached hydrogens (tertiary/aromatic N) is 1. The van der Waals surface area contributed by atoms with Crippen LogP contribution in [0.1, 0.15) is 35.3 Å². The Kier molecular flexibility index (Phi) is 3.60. The van der Waals surface area contributed by atoms with Crippen LogP contribution >= 0.6 is 0 Å². The maximum atomic E-state index is 11.9. The number of carbonyl (C=O) groups is 2. The van der Waals surface area contributed by atoms with Crippen LogP contribution in [0.3, 0.4) is 0 Å². The Hall–Kier alpha value is -1.91. The molecule has 1 aliphatic carbocycles. The molecule has 0 aliphatic heterocycles. The third-order valence-electron chi connectivity index (χ3n) is 3.28. The number of amides is 1. The first-order valence-corrected chi connectivity index (χ1v) is 6.02. The molecule has 1 aromatic rings. The van der Waals surface area contributed by atoms with Crippen LogP contribution in [0.5, 0.6) is 0 Å². The predicted octanol–water partition coefficient (Wildman–Crippen LogP) is 1.37. The number of aryl methyl sites for hydroxylation is 1. The number of carboxylic acid groups (broad SMARTS) is 1. The molecule has 96 valence electrons. The number of hydrogen-bond acceptors (Lipinski definition) is 3. The van der Waals surface area contributed by atoms with Crippen molar-refractivity contribution in [3.05, 3.63) is 29.6 Å². The van der Waals surface area contributed by atoms with Crippen molar-refractivity contribution in [2.75, 3.05) is 0 Å². The molecular formula is C13H16N2O3. The first-order chi connectivity index (χ1) is 8.56. The van der Waals surface area contributed by atoms with Gasteiger partial charge in [-0.2, -0.15) is 0 Å². The fourth-order valence-corrected chi connectivity index (χ4v) is 2.29. The van der Waals surface area contributed by atoms with Crippen molar-refractivity contribution in [2.24, 2.45) is 5.92 Å². The maximum Gasteiger partial charge on any atom is 0.306 e. The van der Waals surface area contributed by atoms with Gasteiger partial charge < -0.3 is 10.4 Å². The smallest absolute Gasteiger partial charge is 0.306 e. The quantitative estimate of drug-likeness (QED) is 0.846. The average molecular weight is 248 g/mol. The summed E-state index contributed by atoms with van der Waals surface area (Å²) < 4.78 is 0. The van der Waals surface area contributed by atoms with Gasteiger partial charge >= 0.3 is 5.97 Å². The molecule has 1 aliphatic rings. The highest BCUT2D eigenvalue weighted by atomic mass is 16.4. The standard InChI is InChI=1S/C13H16N2O3/c1-8-6-9(4-5-14-8)12(16)15-11-3-2-10(7-11)13(17)18/h4-6,10-11H,2-3,7H2,1H3,(H,15,16)(H,17,18). The van der Waals surface area contributed by atoms with Crippen LogP contribution in [0.15, 0.2) is 18.3 Å². The first kappa shape index (κ1) is 12.5. The Bertz CT molecular complexity index is 473. The fraction of sp³-hybridized carbons (Fsp3) is 0.462. The minimum Gasteiger partial charge on any atom is -0.481 e. The Morgan fingerprint density at radius 2 is 2.22 bits per heavy atom. The van der Waals surface area contributed by atoms with Crippen molar-refractivity contribution in [1.29, 1.82) is 0 Å². The van der Waals surface area contributed by atoms with Gasteiger partial charge in [-0.25, -0.2) is 0 Å². The molecule has 1 fully saturated rings. The van der Waals surface area contributed by atoms with Gasteiger partial charge in [0.2, 0.25) is 0 Å². The normalized spacial score (nSPS) is 22.7. The molecule has 5 heteroatoms. The molecule has 2 rings (SSSR count). The van der Waals surface area contributed by atoms with Crippen LogP contribution in [0.25, 0.3) is 0 Å². The topological polar surface area (TPSA) is 79.3 Å². The molecule has 1 saturated carbocycles. The number of carboxylic acids is 1. The van der Waals surface area contributed by atoms with Gasteiger partial charge in [0, 0.05) is 23.5 Å². The van der Waals surface area contributed by atoms with Crippen LogP contribution < -0.4 is 5.32 Å². The van der Waals surface area contributed by atoms with Crippen molar-refractivity contribution < 1.29 is 14.7 Å². The second kappa shape index (κ2) is 5.16. The molecule has 2 unspecified atom stereocenters. The largest absolute Gasteiger partial charge is 0.481 e. The molecule has 0 bridgehead atoms. The number of aromatic nitrogens is 1. The molecule has 2 atom stereocenters. The number of hydrogen-bond donors (Lipinski definition) is 2. The molecule has 0 spiro atoms. The van der Waals surface area contributed by atoms with Gasteiger partial charge in [-0.05, 0) is 38.3 Å². The molecule has 18 heavy (non-hydrogen) atoms. The second-order valence-corrected chi connectivity index (χ2v) is 4.70. The van der Waals surface area contributed by atoms with E-state index in [4.69, 9.17) is 5.11 Å². The summed E-state index contributed by atoms with van der Waals surface area (Å²) in [6.45, 7) is 1.83. The molecule has 2 N–H and O–H groups in total. The Morgan fingerprint density at radius 1 is 1.44 bits per heavy atom. The van der Waals surface area contributed by atoms with Gasteiger partial charge in [-0.15, -0.1) is 0 Å². The van der Waals surface area contributed by atoms with Gasteiger partial charge in [0.1, 0.15) is 0 Å². The summed E-state index contributed by atoms with van der Waals surface area (Å²) in [5.74, 6) is -1.25. The van der Waals surface area contributed by atoms with E-state index in [1.165, 1.54) is 0 Å². The number of carbonyl (C=O) groups excluding carboxylic acids is 1. The van der Waals surface area contributed by atoms with Crippen LogP contribution in [0, 0.1) is 12.8 Å². The minimum absolute atomic E-state index is 0.0351. The number of pyridine rings is 1. The SMILES string of the molecule is Cc1cc(C(=O)NC2CCC(C(=O)O)C2)ccn1. The minimum atomic E-state index is -0.772. The lowest BCUT2D eigenvalue weighted by Crippen LogP contribution is -2.33. The third-order valence-corrected chi connectivity index (χ3v) is 3.28. The van der Waals surface area contributed by atoms with E-state index in [1.54, 1.807) is 18.3 Å². The van der Waals surface area contributed by atoms with Crippen LogP contribution in [-0.2, 0) is 4.79 Å². The van der Waals surface area contributed by atoms with Crippen molar-refractivity contribution in [1.82, 2.24) is 10.3 Å². The molecule has 1 amide bonds. The van der Waals surface area contributed by atoms with Gasteiger partial charge in [0.15, 0.2) is 0 Å². The van der Waals surface area contributed by atoms with E-state index >= 15 is 0 Å². The number of rotatable bonds is 3. The lowest BCUT2D eigenvalue weighted by molar-refractivity contribution is -0.141. The van der Waals surface area contributed by atoms with Crippen LogP contribution in [0.4, 0.5) is 0 Å². The van der Waals surface area contributed by atoms with Crippen molar-refractivity contribution in [3.63, 3.8) is 0 Å². The Morgan fingerprint density at radius 3 is 2.83 bits per heavy atom. The van der Waals surface area contributed by atoms with E-state index in [1.807, 2.05) is 6.92 Å². The zero-order valence-corrected chi connectivity index (χ0v) is 10.2. The lowest BCUT2D eigenvalue weighted by atomic mass is 10.1. The van der Waals surface area contributed by atoms with Crippen LogP contribution in [0.2, 0.25) is 0 Å². The highest BCUT2D eigenvalue weighted by Gasteiger charge is 2.30. The third kappa shape index (κ3) is 2.85. The summed E-state index contributed by atoms with van der Waals surface area (Å²) in [6, 6.07) is 3.34. The zero-order valence-electron chi connectivity index (χ0n) is 10.2. The summed E-state index contributed by atoms with van der Waals surface area (Å²) in [6.07, 6.45) is 3.48. The van der Waals surface area contributed by atoms with Gasteiger partial charge in [0.05, 0.1) is 5.92 Å². The molecule has 0 saturated heterocycles.